The van der Waals surface area contributed by atoms with Gasteiger partial charge >= 0.3 is 29.6 Å². The van der Waals surface area contributed by atoms with Gasteiger partial charge in [-0.15, -0.1) is 0 Å². The quantitative estimate of drug-likeness (QED) is 0.710. The van der Waals surface area contributed by atoms with E-state index in [2.05, 4.69) is 11.1 Å². The zero-order chi connectivity index (χ0) is 8.39. The number of aromatic amines is 1. The monoisotopic (exact) mass is 185 g/mol. The Morgan fingerprint density at radius 3 is 2.92 bits per heavy atom. The number of hydrogen-bond acceptors (Lipinski definition) is 1. The minimum atomic E-state index is 0. The summed E-state index contributed by atoms with van der Waals surface area (Å²) < 4.78 is 5.36. The number of aromatic nitrogens is 1. The molecule has 1 N–H and O–H groups in total. The number of fused-ring (bicyclic) bond motifs is 1. The first-order valence-corrected chi connectivity index (χ1v) is 4.10. The molecule has 0 atom stereocenters. The van der Waals surface area contributed by atoms with Gasteiger partial charge in [0.15, 0.2) is 0 Å². The third-order valence-electron chi connectivity index (χ3n) is 1.84. The zero-order valence-corrected chi connectivity index (χ0v) is 7.00. The van der Waals surface area contributed by atoms with Crippen LogP contribution in [0.15, 0.2) is 30.5 Å². The molecule has 0 aliphatic carbocycles. The number of rotatable bonds is 2. The number of nitrogens with one attached hydrogen (secondary N) is 1. The van der Waals surface area contributed by atoms with Crippen LogP contribution in [0.5, 0.6) is 5.75 Å². The summed E-state index contributed by atoms with van der Waals surface area (Å²) in [5, 5.41) is 1.22. The van der Waals surface area contributed by atoms with Crippen molar-refractivity contribution in [1.82, 2.24) is 4.98 Å². The Morgan fingerprint density at radius 1 is 1.31 bits per heavy atom. The van der Waals surface area contributed by atoms with E-state index in [1.54, 1.807) is 0 Å². The third-order valence-corrected chi connectivity index (χ3v) is 1.84. The molecule has 0 radical (unpaired) electrons. The molecule has 3 heteroatoms. The first-order chi connectivity index (χ1) is 5.90. The van der Waals surface area contributed by atoms with Crippen molar-refractivity contribution in [2.45, 2.75) is 6.92 Å². The first-order valence-electron chi connectivity index (χ1n) is 4.10. The zero-order valence-electron chi connectivity index (χ0n) is 7.00. The van der Waals surface area contributed by atoms with E-state index in [-0.39, 0.29) is 29.6 Å². The van der Waals surface area contributed by atoms with Gasteiger partial charge in [0, 0.05) is 17.8 Å². The van der Waals surface area contributed by atoms with Crippen molar-refractivity contribution in [3.05, 3.63) is 30.5 Å². The molecule has 1 heterocycles. The van der Waals surface area contributed by atoms with Gasteiger partial charge in [-0.1, -0.05) is 0 Å². The van der Waals surface area contributed by atoms with E-state index in [9.17, 15) is 0 Å². The van der Waals surface area contributed by atoms with Crippen molar-refractivity contribution in [3.8, 4) is 5.75 Å². The van der Waals surface area contributed by atoms with Gasteiger partial charge in [0.1, 0.15) is 5.75 Å². The third kappa shape index (κ3) is 2.27. The van der Waals surface area contributed by atoms with Crippen molar-refractivity contribution < 1.29 is 4.74 Å². The molecule has 0 fully saturated rings. The number of ether oxygens (including phenoxy) is 1. The molecular weight excluding hydrogens is 173 g/mol. The standard InChI is InChI=1S/C10H11NO.Na.H/c1-2-12-9-4-3-8-5-6-11-10(8)7-9;;/h3-7,11H,2H2,1H3;;. The molecule has 0 amide bonds. The molecule has 0 spiro atoms. The van der Waals surface area contributed by atoms with Gasteiger partial charge in [-0.2, -0.15) is 0 Å². The summed E-state index contributed by atoms with van der Waals surface area (Å²) in [6.07, 6.45) is 1.93. The molecule has 0 aliphatic rings. The average molecular weight is 185 g/mol. The Labute approximate surface area is 99.6 Å². The Balaban J connectivity index is 0.000000845. The van der Waals surface area contributed by atoms with Crippen molar-refractivity contribution in [2.24, 2.45) is 0 Å². The van der Waals surface area contributed by atoms with E-state index in [4.69, 9.17) is 4.74 Å². The Bertz CT molecular complexity index is 383. The molecule has 64 valence electrons. The second-order valence-electron chi connectivity index (χ2n) is 2.66. The summed E-state index contributed by atoms with van der Waals surface area (Å²) in [5.41, 5.74) is 1.13. The van der Waals surface area contributed by atoms with Gasteiger partial charge in [0.05, 0.1) is 6.61 Å². The van der Waals surface area contributed by atoms with Crippen molar-refractivity contribution in [3.63, 3.8) is 0 Å². The summed E-state index contributed by atoms with van der Waals surface area (Å²) in [6, 6.07) is 8.10. The van der Waals surface area contributed by atoms with Gasteiger partial charge in [-0.3, -0.25) is 0 Å². The predicted molar refractivity (Wildman–Crippen MR) is 56.6 cm³/mol. The number of hydrogen-bond donors (Lipinski definition) is 1. The second kappa shape index (κ2) is 4.70. The Morgan fingerprint density at radius 2 is 2.15 bits per heavy atom. The van der Waals surface area contributed by atoms with E-state index in [0.717, 1.165) is 11.3 Å². The fraction of sp³-hybridized carbons (Fsp3) is 0.200. The summed E-state index contributed by atoms with van der Waals surface area (Å²) >= 11 is 0. The van der Waals surface area contributed by atoms with Gasteiger partial charge in [0.2, 0.25) is 0 Å². The summed E-state index contributed by atoms with van der Waals surface area (Å²) in [5.74, 6) is 0.924. The van der Waals surface area contributed by atoms with Crippen LogP contribution in [0, 0.1) is 0 Å². The normalized spacial score (nSPS) is 9.62. The molecule has 0 saturated carbocycles. The number of benzene rings is 1. The predicted octanol–water partition coefficient (Wildman–Crippen LogP) is 1.92. The van der Waals surface area contributed by atoms with Crippen LogP contribution in [0.1, 0.15) is 6.92 Å². The van der Waals surface area contributed by atoms with E-state index in [1.165, 1.54) is 5.39 Å². The fourth-order valence-electron chi connectivity index (χ4n) is 1.28. The molecule has 2 rings (SSSR count). The first kappa shape index (κ1) is 10.6. The molecule has 1 aromatic carbocycles. The fourth-order valence-corrected chi connectivity index (χ4v) is 1.28. The van der Waals surface area contributed by atoms with Gasteiger partial charge in [-0.05, 0) is 30.5 Å². The maximum atomic E-state index is 5.36. The van der Waals surface area contributed by atoms with Gasteiger partial charge in [-0.25, -0.2) is 0 Å². The van der Waals surface area contributed by atoms with Crippen LogP contribution in [0.3, 0.4) is 0 Å². The summed E-state index contributed by atoms with van der Waals surface area (Å²) in [4.78, 5) is 3.14. The molecule has 0 unspecified atom stereocenters. The van der Waals surface area contributed by atoms with E-state index < -0.39 is 0 Å². The van der Waals surface area contributed by atoms with Gasteiger partial charge in [0.25, 0.3) is 0 Å². The van der Waals surface area contributed by atoms with Gasteiger partial charge < -0.3 is 9.72 Å². The van der Waals surface area contributed by atoms with Crippen LogP contribution >= 0.6 is 0 Å². The molecule has 2 aromatic rings. The van der Waals surface area contributed by atoms with E-state index in [0.29, 0.717) is 6.61 Å². The minimum absolute atomic E-state index is 0. The van der Waals surface area contributed by atoms with Crippen LogP contribution in [0.2, 0.25) is 0 Å². The second-order valence-corrected chi connectivity index (χ2v) is 2.66. The molecule has 0 bridgehead atoms. The van der Waals surface area contributed by atoms with E-state index >= 15 is 0 Å². The molecule has 0 aliphatic heterocycles. The Hall–Kier alpha value is -0.440. The van der Waals surface area contributed by atoms with E-state index in [1.807, 2.05) is 31.3 Å². The van der Waals surface area contributed by atoms with Crippen LogP contribution in [-0.2, 0) is 0 Å². The maximum absolute atomic E-state index is 5.36. The van der Waals surface area contributed by atoms with Crippen LogP contribution in [-0.4, -0.2) is 41.1 Å². The molecular formula is C10H12NNaO. The molecule has 13 heavy (non-hydrogen) atoms. The van der Waals surface area contributed by atoms with Crippen LogP contribution in [0.4, 0.5) is 0 Å². The Kier molecular flexibility index (Phi) is 3.85. The molecule has 1 aromatic heterocycles. The van der Waals surface area contributed by atoms with Crippen molar-refractivity contribution >= 4 is 40.5 Å². The average Bonchev–Trinajstić information content (AvgIpc) is 2.51. The number of H-pyrrole nitrogens is 1. The molecule has 2 nitrogen and oxygen atoms in total. The van der Waals surface area contributed by atoms with Crippen LogP contribution < -0.4 is 4.74 Å². The molecule has 0 saturated heterocycles. The topological polar surface area (TPSA) is 25.0 Å². The summed E-state index contributed by atoms with van der Waals surface area (Å²) in [6.45, 7) is 2.70. The van der Waals surface area contributed by atoms with Crippen molar-refractivity contribution in [1.29, 1.82) is 0 Å². The van der Waals surface area contributed by atoms with Crippen molar-refractivity contribution in [2.75, 3.05) is 6.61 Å². The summed E-state index contributed by atoms with van der Waals surface area (Å²) in [7, 11) is 0. The SMILES string of the molecule is CCOc1ccc2cc[nH]c2c1.[NaH]. The van der Waals surface area contributed by atoms with Crippen LogP contribution in [0.25, 0.3) is 10.9 Å².